The van der Waals surface area contributed by atoms with Crippen LogP contribution in [0.4, 0.5) is 0 Å². The summed E-state index contributed by atoms with van der Waals surface area (Å²) in [7, 11) is 0. The highest BCUT2D eigenvalue weighted by molar-refractivity contribution is 5.90. The first-order valence-electron chi connectivity index (χ1n) is 5.47. The summed E-state index contributed by atoms with van der Waals surface area (Å²) in [5.41, 5.74) is 0.0230. The van der Waals surface area contributed by atoms with Crippen molar-refractivity contribution in [2.45, 2.75) is 19.9 Å². The zero-order valence-electron chi connectivity index (χ0n) is 10.1. The van der Waals surface area contributed by atoms with E-state index in [1.807, 2.05) is 13.8 Å². The van der Waals surface area contributed by atoms with Crippen LogP contribution in [0.5, 0.6) is 11.5 Å². The smallest absolute Gasteiger partial charge is 0.341 e. The molecule has 0 saturated heterocycles. The van der Waals surface area contributed by atoms with E-state index < -0.39 is 5.97 Å². The fourth-order valence-corrected chi connectivity index (χ4v) is 1.41. The van der Waals surface area contributed by atoms with Crippen molar-refractivity contribution < 1.29 is 14.6 Å². The van der Waals surface area contributed by atoms with Gasteiger partial charge in [0, 0.05) is 24.5 Å². The number of pyridine rings is 1. The first-order chi connectivity index (χ1) is 8.58. The molecule has 0 saturated carbocycles. The monoisotopic (exact) mass is 247 g/mol. The Labute approximate surface area is 104 Å². The third-order valence-electron chi connectivity index (χ3n) is 2.35. The van der Waals surface area contributed by atoms with E-state index in [-0.39, 0.29) is 17.4 Å². The Bertz CT molecular complexity index is 563. The topological polar surface area (TPSA) is 77.2 Å². The molecular formula is C12H13N3O3. The second kappa shape index (κ2) is 4.87. The van der Waals surface area contributed by atoms with Gasteiger partial charge < -0.3 is 9.84 Å². The highest BCUT2D eigenvalue weighted by atomic mass is 16.5. The lowest BCUT2D eigenvalue weighted by Crippen LogP contribution is -2.01. The third-order valence-corrected chi connectivity index (χ3v) is 2.35. The van der Waals surface area contributed by atoms with Gasteiger partial charge in [-0.05, 0) is 13.8 Å². The van der Waals surface area contributed by atoms with E-state index in [9.17, 15) is 4.79 Å². The Balaban J connectivity index is 2.25. The zero-order chi connectivity index (χ0) is 13.1. The molecule has 0 fully saturated rings. The molecule has 1 N–H and O–H groups in total. The largest absolute Gasteiger partial charge is 0.477 e. The lowest BCUT2D eigenvalue weighted by molar-refractivity contribution is 0.0693. The van der Waals surface area contributed by atoms with E-state index in [4.69, 9.17) is 9.84 Å². The number of hydrogen-bond acceptors (Lipinski definition) is 4. The molecule has 0 atom stereocenters. The van der Waals surface area contributed by atoms with Crippen LogP contribution in [0.3, 0.4) is 0 Å². The lowest BCUT2D eigenvalue weighted by Gasteiger charge is -2.06. The van der Waals surface area contributed by atoms with Crippen LogP contribution in [0, 0.1) is 0 Å². The number of carboxylic acids is 1. The average molecular weight is 247 g/mol. The van der Waals surface area contributed by atoms with Crippen LogP contribution in [0.25, 0.3) is 0 Å². The number of rotatable bonds is 4. The van der Waals surface area contributed by atoms with Crippen molar-refractivity contribution >= 4 is 5.97 Å². The predicted molar refractivity (Wildman–Crippen MR) is 63.9 cm³/mol. The van der Waals surface area contributed by atoms with Gasteiger partial charge in [-0.1, -0.05) is 0 Å². The molecule has 0 radical (unpaired) electrons. The molecule has 0 bridgehead atoms. The first kappa shape index (κ1) is 12.1. The zero-order valence-corrected chi connectivity index (χ0v) is 10.1. The summed E-state index contributed by atoms with van der Waals surface area (Å²) in [5, 5.41) is 13.1. The number of nitrogens with zero attached hydrogens (tertiary/aromatic N) is 3. The quantitative estimate of drug-likeness (QED) is 0.897. The SMILES string of the molecule is CC(C)n1cc(Oc2ccncc2C(=O)O)cn1. The number of ether oxygens (including phenoxy) is 1. The molecule has 0 aliphatic rings. The maximum absolute atomic E-state index is 11.0. The molecule has 0 unspecified atom stereocenters. The fraction of sp³-hybridized carbons (Fsp3) is 0.250. The molecule has 0 spiro atoms. The van der Waals surface area contributed by atoms with Gasteiger partial charge in [0.05, 0.1) is 12.4 Å². The summed E-state index contributed by atoms with van der Waals surface area (Å²) >= 11 is 0. The number of aromatic carboxylic acids is 1. The van der Waals surface area contributed by atoms with Gasteiger partial charge in [-0.3, -0.25) is 9.67 Å². The van der Waals surface area contributed by atoms with E-state index >= 15 is 0 Å². The predicted octanol–water partition coefficient (Wildman–Crippen LogP) is 2.35. The molecule has 18 heavy (non-hydrogen) atoms. The second-order valence-corrected chi connectivity index (χ2v) is 4.03. The third kappa shape index (κ3) is 2.48. The van der Waals surface area contributed by atoms with Crippen molar-refractivity contribution in [3.05, 3.63) is 36.4 Å². The number of hydrogen-bond donors (Lipinski definition) is 1. The molecule has 0 aliphatic carbocycles. The highest BCUT2D eigenvalue weighted by Crippen LogP contribution is 2.24. The van der Waals surface area contributed by atoms with Crippen LogP contribution in [-0.4, -0.2) is 25.8 Å². The minimum Gasteiger partial charge on any atom is -0.477 e. The van der Waals surface area contributed by atoms with Gasteiger partial charge in [0.2, 0.25) is 0 Å². The highest BCUT2D eigenvalue weighted by Gasteiger charge is 2.12. The van der Waals surface area contributed by atoms with E-state index in [0.29, 0.717) is 5.75 Å². The molecule has 0 aromatic carbocycles. The molecular weight excluding hydrogens is 234 g/mol. The van der Waals surface area contributed by atoms with Crippen LogP contribution >= 0.6 is 0 Å². The van der Waals surface area contributed by atoms with Gasteiger partial charge in [0.25, 0.3) is 0 Å². The minimum absolute atomic E-state index is 0.0230. The Hall–Kier alpha value is -2.37. The molecule has 2 aromatic rings. The molecule has 6 nitrogen and oxygen atoms in total. The van der Waals surface area contributed by atoms with E-state index in [2.05, 4.69) is 10.1 Å². The summed E-state index contributed by atoms with van der Waals surface area (Å²) in [6, 6.07) is 1.73. The molecule has 94 valence electrons. The van der Waals surface area contributed by atoms with Crippen LogP contribution in [-0.2, 0) is 0 Å². The summed E-state index contributed by atoms with van der Waals surface area (Å²) in [6.45, 7) is 3.98. The van der Waals surface area contributed by atoms with Crippen LogP contribution in [0.1, 0.15) is 30.2 Å². The van der Waals surface area contributed by atoms with E-state index in [0.717, 1.165) is 0 Å². The molecule has 6 heteroatoms. The maximum atomic E-state index is 11.0. The van der Waals surface area contributed by atoms with Gasteiger partial charge >= 0.3 is 5.97 Å². The van der Waals surface area contributed by atoms with Crippen LogP contribution < -0.4 is 4.74 Å². The molecule has 2 rings (SSSR count). The van der Waals surface area contributed by atoms with Crippen LogP contribution in [0.2, 0.25) is 0 Å². The average Bonchev–Trinajstić information content (AvgIpc) is 2.78. The molecule has 0 aliphatic heterocycles. The minimum atomic E-state index is -1.07. The van der Waals surface area contributed by atoms with Crippen LogP contribution in [0.15, 0.2) is 30.9 Å². The summed E-state index contributed by atoms with van der Waals surface area (Å²) in [5.74, 6) is -0.326. The van der Waals surface area contributed by atoms with Gasteiger partial charge in [0.1, 0.15) is 11.3 Å². The molecule has 2 aromatic heterocycles. The number of carboxylic acid groups (broad SMARTS) is 1. The summed E-state index contributed by atoms with van der Waals surface area (Å²) < 4.78 is 7.23. The Kier molecular flexibility index (Phi) is 3.27. The standard InChI is InChI=1S/C12H13N3O3/c1-8(2)15-7-9(5-14-15)18-11-3-4-13-6-10(11)12(16)17/h3-8H,1-2H3,(H,16,17). The molecule has 2 heterocycles. The Morgan fingerprint density at radius 3 is 2.83 bits per heavy atom. The van der Waals surface area contributed by atoms with Gasteiger partial charge in [0.15, 0.2) is 5.75 Å². The summed E-state index contributed by atoms with van der Waals surface area (Å²) in [6.07, 6.45) is 6.00. The van der Waals surface area contributed by atoms with Crippen molar-refractivity contribution in [1.29, 1.82) is 0 Å². The van der Waals surface area contributed by atoms with Crippen molar-refractivity contribution in [2.24, 2.45) is 0 Å². The normalized spacial score (nSPS) is 10.6. The maximum Gasteiger partial charge on any atom is 0.341 e. The second-order valence-electron chi connectivity index (χ2n) is 4.03. The van der Waals surface area contributed by atoms with Gasteiger partial charge in [-0.25, -0.2) is 4.79 Å². The number of carbonyl (C=O) groups is 1. The van der Waals surface area contributed by atoms with Crippen molar-refractivity contribution in [3.8, 4) is 11.5 Å². The van der Waals surface area contributed by atoms with Crippen molar-refractivity contribution in [1.82, 2.24) is 14.8 Å². The van der Waals surface area contributed by atoms with E-state index in [1.165, 1.54) is 18.5 Å². The Morgan fingerprint density at radius 1 is 1.44 bits per heavy atom. The van der Waals surface area contributed by atoms with E-state index in [1.54, 1.807) is 17.1 Å². The lowest BCUT2D eigenvalue weighted by atomic mass is 10.2. The van der Waals surface area contributed by atoms with Crippen molar-refractivity contribution in [3.63, 3.8) is 0 Å². The van der Waals surface area contributed by atoms with Crippen molar-refractivity contribution in [2.75, 3.05) is 0 Å². The first-order valence-corrected chi connectivity index (χ1v) is 5.47. The fourth-order valence-electron chi connectivity index (χ4n) is 1.41. The van der Waals surface area contributed by atoms with Gasteiger partial charge in [-0.2, -0.15) is 5.10 Å². The number of aromatic nitrogens is 3. The van der Waals surface area contributed by atoms with Gasteiger partial charge in [-0.15, -0.1) is 0 Å². The summed E-state index contributed by atoms with van der Waals surface area (Å²) in [4.78, 5) is 14.7. The Morgan fingerprint density at radius 2 is 2.22 bits per heavy atom. The molecule has 0 amide bonds.